The Morgan fingerprint density at radius 2 is 1.94 bits per heavy atom. The first-order chi connectivity index (χ1) is 7.65. The number of methoxy groups -OCH3 is 1. The van der Waals surface area contributed by atoms with Gasteiger partial charge in [0.25, 0.3) is 0 Å². The Hall–Kier alpha value is -1.10. The van der Waals surface area contributed by atoms with E-state index in [-0.39, 0.29) is 17.9 Å². The van der Waals surface area contributed by atoms with Gasteiger partial charge in [0, 0.05) is 13.5 Å². The average Bonchev–Trinajstić information content (AvgIpc) is 2.30. The third kappa shape index (κ3) is 3.81. The monoisotopic (exact) mass is 228 g/mol. The summed E-state index contributed by atoms with van der Waals surface area (Å²) in [7, 11) is 1.38. The highest BCUT2D eigenvalue weighted by Crippen LogP contribution is 2.12. The second-order valence-electron chi connectivity index (χ2n) is 4.07. The fourth-order valence-corrected chi connectivity index (χ4v) is 1.97. The van der Waals surface area contributed by atoms with E-state index in [9.17, 15) is 9.59 Å². The van der Waals surface area contributed by atoms with Gasteiger partial charge in [0.2, 0.25) is 5.91 Å². The van der Waals surface area contributed by atoms with E-state index < -0.39 is 0 Å². The quantitative estimate of drug-likeness (QED) is 0.696. The van der Waals surface area contributed by atoms with Gasteiger partial charge in [-0.15, -0.1) is 0 Å². The van der Waals surface area contributed by atoms with Crippen LogP contribution in [0.5, 0.6) is 0 Å². The Bertz CT molecular complexity index is 250. The largest absolute Gasteiger partial charge is 0.468 e. The van der Waals surface area contributed by atoms with Gasteiger partial charge in [-0.05, 0) is 25.9 Å². The first-order valence-corrected chi connectivity index (χ1v) is 5.71. The minimum absolute atomic E-state index is 0.120. The molecule has 1 unspecified atom stereocenters. The van der Waals surface area contributed by atoms with Crippen molar-refractivity contribution in [2.45, 2.75) is 32.2 Å². The van der Waals surface area contributed by atoms with E-state index >= 15 is 0 Å². The van der Waals surface area contributed by atoms with Crippen LogP contribution in [0.3, 0.4) is 0 Å². The summed E-state index contributed by atoms with van der Waals surface area (Å²) in [4.78, 5) is 24.6. The summed E-state index contributed by atoms with van der Waals surface area (Å²) < 4.78 is 4.77. The Kier molecular flexibility index (Phi) is 5.25. The molecule has 1 aliphatic rings. The summed E-state index contributed by atoms with van der Waals surface area (Å²) in [5.74, 6) is -0.387. The lowest BCUT2D eigenvalue weighted by molar-refractivity contribution is -0.147. The number of ether oxygens (including phenoxy) is 1. The van der Waals surface area contributed by atoms with Crippen molar-refractivity contribution in [2.75, 3.05) is 26.7 Å². The van der Waals surface area contributed by atoms with E-state index in [1.807, 2.05) is 0 Å². The highest BCUT2D eigenvalue weighted by Gasteiger charge is 2.27. The summed E-state index contributed by atoms with van der Waals surface area (Å²) in [6.07, 6.45) is 3.42. The van der Waals surface area contributed by atoms with Crippen molar-refractivity contribution in [1.29, 1.82) is 0 Å². The normalized spacial score (nSPS) is 18.9. The zero-order valence-corrected chi connectivity index (χ0v) is 9.99. The Labute approximate surface area is 96.1 Å². The number of rotatable bonds is 4. The second kappa shape index (κ2) is 6.48. The molecule has 1 aliphatic heterocycles. The van der Waals surface area contributed by atoms with Crippen molar-refractivity contribution in [3.63, 3.8) is 0 Å². The highest BCUT2D eigenvalue weighted by atomic mass is 16.5. The highest BCUT2D eigenvalue weighted by molar-refractivity contribution is 5.78. The van der Waals surface area contributed by atoms with Gasteiger partial charge >= 0.3 is 5.97 Å². The maximum Gasteiger partial charge on any atom is 0.324 e. The topological polar surface area (TPSA) is 58.6 Å². The van der Waals surface area contributed by atoms with Crippen molar-refractivity contribution < 1.29 is 14.3 Å². The van der Waals surface area contributed by atoms with Crippen molar-refractivity contribution in [2.24, 2.45) is 0 Å². The number of carbonyl (C=O) groups is 2. The summed E-state index contributed by atoms with van der Waals surface area (Å²) in [5.41, 5.74) is 0. The van der Waals surface area contributed by atoms with Crippen LogP contribution in [0.1, 0.15) is 26.2 Å². The van der Waals surface area contributed by atoms with Gasteiger partial charge in [-0.25, -0.2) is 0 Å². The van der Waals surface area contributed by atoms with Gasteiger partial charge in [-0.2, -0.15) is 0 Å². The fourth-order valence-electron chi connectivity index (χ4n) is 1.97. The van der Waals surface area contributed by atoms with Gasteiger partial charge in [0.15, 0.2) is 0 Å². The summed E-state index contributed by atoms with van der Waals surface area (Å²) in [5, 5.41) is 2.68. The first-order valence-electron chi connectivity index (χ1n) is 5.71. The van der Waals surface area contributed by atoms with Crippen molar-refractivity contribution >= 4 is 11.9 Å². The molecule has 92 valence electrons. The number of nitrogens with zero attached hydrogens (tertiary/aromatic N) is 1. The minimum atomic E-state index is -0.339. The fraction of sp³-hybridized carbons (Fsp3) is 0.818. The van der Waals surface area contributed by atoms with Crippen LogP contribution in [0.2, 0.25) is 0 Å². The van der Waals surface area contributed by atoms with Crippen molar-refractivity contribution in [3.05, 3.63) is 0 Å². The maximum absolute atomic E-state index is 11.6. The van der Waals surface area contributed by atoms with Crippen LogP contribution >= 0.6 is 0 Å². The molecule has 0 aromatic heterocycles. The molecule has 16 heavy (non-hydrogen) atoms. The molecule has 0 spiro atoms. The number of amides is 1. The Morgan fingerprint density at radius 1 is 1.31 bits per heavy atom. The van der Waals surface area contributed by atoms with Gasteiger partial charge < -0.3 is 10.1 Å². The molecular formula is C11H20N2O3. The minimum Gasteiger partial charge on any atom is -0.468 e. The number of carbonyl (C=O) groups excluding carboxylic acids is 2. The van der Waals surface area contributed by atoms with Crippen molar-refractivity contribution in [3.8, 4) is 0 Å². The predicted octanol–water partition coefficient (Wildman–Crippen LogP) is 0.150. The van der Waals surface area contributed by atoms with Crippen LogP contribution in [0.15, 0.2) is 0 Å². The van der Waals surface area contributed by atoms with Gasteiger partial charge in [-0.1, -0.05) is 6.42 Å². The Balaban J connectivity index is 2.54. The molecule has 5 nitrogen and oxygen atoms in total. The van der Waals surface area contributed by atoms with Crippen LogP contribution in [-0.2, 0) is 14.3 Å². The molecule has 0 bridgehead atoms. The standard InChI is InChI=1S/C11H20N2O3/c1-9(14)12-8-10(11(15)16-2)13-6-4-3-5-7-13/h10H,3-8H2,1-2H3,(H,12,14). The second-order valence-corrected chi connectivity index (χ2v) is 4.07. The number of hydrogen-bond acceptors (Lipinski definition) is 4. The number of hydrogen-bond donors (Lipinski definition) is 1. The van der Waals surface area contributed by atoms with E-state index in [1.54, 1.807) is 0 Å². The molecule has 1 rings (SSSR count). The number of piperidine rings is 1. The average molecular weight is 228 g/mol. The third-order valence-corrected chi connectivity index (χ3v) is 2.85. The smallest absolute Gasteiger partial charge is 0.324 e. The van der Waals surface area contributed by atoms with Crippen molar-refractivity contribution in [1.82, 2.24) is 10.2 Å². The van der Waals surface area contributed by atoms with E-state index in [1.165, 1.54) is 20.5 Å². The molecular weight excluding hydrogens is 208 g/mol. The molecule has 0 aliphatic carbocycles. The SMILES string of the molecule is COC(=O)C(CNC(C)=O)N1CCCCC1. The van der Waals surface area contributed by atoms with E-state index in [0.717, 1.165) is 25.9 Å². The molecule has 1 fully saturated rings. The van der Waals surface area contributed by atoms with Crippen LogP contribution in [0.25, 0.3) is 0 Å². The van der Waals surface area contributed by atoms with Crippen LogP contribution in [0.4, 0.5) is 0 Å². The predicted molar refractivity (Wildman–Crippen MR) is 59.9 cm³/mol. The number of esters is 1. The molecule has 5 heteroatoms. The zero-order valence-electron chi connectivity index (χ0n) is 9.99. The number of nitrogens with one attached hydrogen (secondary N) is 1. The first kappa shape index (κ1) is 13.0. The van der Waals surface area contributed by atoms with Gasteiger partial charge in [0.05, 0.1) is 7.11 Å². The Morgan fingerprint density at radius 3 is 2.44 bits per heavy atom. The van der Waals surface area contributed by atoms with E-state index in [0.29, 0.717) is 6.54 Å². The lowest BCUT2D eigenvalue weighted by atomic mass is 10.1. The lowest BCUT2D eigenvalue weighted by Crippen LogP contribution is -2.50. The zero-order chi connectivity index (χ0) is 12.0. The molecule has 0 saturated carbocycles. The summed E-state index contributed by atoms with van der Waals surface area (Å²) in [6.45, 7) is 3.59. The van der Waals surface area contributed by atoms with Crippen LogP contribution in [-0.4, -0.2) is 49.6 Å². The van der Waals surface area contributed by atoms with E-state index in [2.05, 4.69) is 10.2 Å². The lowest BCUT2D eigenvalue weighted by Gasteiger charge is -2.32. The molecule has 1 amide bonds. The number of likely N-dealkylation sites (tertiary alicyclic amines) is 1. The molecule has 0 aromatic rings. The summed E-state index contributed by atoms with van der Waals surface area (Å²) in [6, 6.07) is -0.339. The molecule has 1 heterocycles. The van der Waals surface area contributed by atoms with E-state index in [4.69, 9.17) is 4.74 Å². The molecule has 1 atom stereocenters. The summed E-state index contributed by atoms with van der Waals surface area (Å²) >= 11 is 0. The molecule has 1 saturated heterocycles. The molecule has 0 aromatic carbocycles. The van der Waals surface area contributed by atoms with Crippen LogP contribution in [0, 0.1) is 0 Å². The van der Waals surface area contributed by atoms with Gasteiger partial charge in [-0.3, -0.25) is 14.5 Å². The maximum atomic E-state index is 11.6. The molecule has 0 radical (unpaired) electrons. The van der Waals surface area contributed by atoms with Crippen LogP contribution < -0.4 is 5.32 Å². The molecule has 1 N–H and O–H groups in total. The van der Waals surface area contributed by atoms with Gasteiger partial charge in [0.1, 0.15) is 6.04 Å². The third-order valence-electron chi connectivity index (χ3n) is 2.85.